The van der Waals surface area contributed by atoms with Crippen LogP contribution in [0.3, 0.4) is 0 Å². The Labute approximate surface area is 172 Å². The van der Waals surface area contributed by atoms with Crippen LogP contribution in [0.4, 0.5) is 5.82 Å². The molecule has 30 heavy (non-hydrogen) atoms. The van der Waals surface area contributed by atoms with Crippen LogP contribution in [0.1, 0.15) is 21.5 Å². The van der Waals surface area contributed by atoms with Gasteiger partial charge in [-0.1, -0.05) is 6.07 Å². The van der Waals surface area contributed by atoms with Gasteiger partial charge < -0.3 is 9.88 Å². The maximum Gasteiger partial charge on any atom is 0.263 e. The molecule has 4 aromatic rings. The number of aryl methyl sites for hydroxylation is 2. The number of nitrogens with one attached hydrogen (secondary N) is 1. The molecule has 0 aliphatic rings. The first-order valence-electron chi connectivity index (χ1n) is 9.37. The molecule has 0 unspecified atom stereocenters. The molecule has 8 heteroatoms. The first-order valence-corrected chi connectivity index (χ1v) is 9.37. The Morgan fingerprint density at radius 3 is 2.57 bits per heavy atom. The fraction of sp³-hybridized carbons (Fsp3) is 0.136. The summed E-state index contributed by atoms with van der Waals surface area (Å²) in [5.41, 5.74) is 2.75. The summed E-state index contributed by atoms with van der Waals surface area (Å²) in [4.78, 5) is 34.1. The van der Waals surface area contributed by atoms with Crippen LogP contribution in [0, 0.1) is 6.92 Å². The van der Waals surface area contributed by atoms with E-state index in [0.717, 1.165) is 11.1 Å². The van der Waals surface area contributed by atoms with E-state index in [9.17, 15) is 9.59 Å². The number of hydrogen-bond donors (Lipinski definition) is 1. The van der Waals surface area contributed by atoms with Gasteiger partial charge in [0.1, 0.15) is 11.4 Å². The van der Waals surface area contributed by atoms with E-state index in [4.69, 9.17) is 0 Å². The van der Waals surface area contributed by atoms with Crippen molar-refractivity contribution in [3.63, 3.8) is 0 Å². The van der Waals surface area contributed by atoms with Gasteiger partial charge in [-0.05, 0) is 42.3 Å². The molecule has 0 aliphatic heterocycles. The van der Waals surface area contributed by atoms with Crippen molar-refractivity contribution in [2.75, 3.05) is 5.32 Å². The standard InChI is InChI=1S/C22H20N6O2/c1-15-7-10-28(14-16-5-3-8-23-12-16)22(30)20(15)21(29)25-19-11-18(26-27(19)2)17-6-4-9-24-13-17/h3-13H,14H2,1-2H3,(H,25,29). The summed E-state index contributed by atoms with van der Waals surface area (Å²) in [6, 6.07) is 10.9. The zero-order valence-corrected chi connectivity index (χ0v) is 16.6. The van der Waals surface area contributed by atoms with Crippen LogP contribution in [0.5, 0.6) is 0 Å². The van der Waals surface area contributed by atoms with Crippen LogP contribution in [0.15, 0.2) is 72.2 Å². The molecular formula is C22H20N6O2. The van der Waals surface area contributed by atoms with Gasteiger partial charge in [-0.2, -0.15) is 5.10 Å². The Hall–Kier alpha value is -4.07. The Balaban J connectivity index is 1.62. The Kier molecular flexibility index (Phi) is 5.21. The van der Waals surface area contributed by atoms with Crippen molar-refractivity contribution in [3.05, 3.63) is 94.4 Å². The summed E-state index contributed by atoms with van der Waals surface area (Å²) in [5, 5.41) is 7.22. The third-order valence-electron chi connectivity index (χ3n) is 4.76. The summed E-state index contributed by atoms with van der Waals surface area (Å²) >= 11 is 0. The van der Waals surface area contributed by atoms with E-state index >= 15 is 0 Å². The van der Waals surface area contributed by atoms with Gasteiger partial charge in [0.25, 0.3) is 11.5 Å². The van der Waals surface area contributed by atoms with Crippen molar-refractivity contribution in [2.24, 2.45) is 7.05 Å². The lowest BCUT2D eigenvalue weighted by Gasteiger charge is -2.11. The number of rotatable bonds is 5. The van der Waals surface area contributed by atoms with Gasteiger partial charge in [-0.3, -0.25) is 24.2 Å². The number of aromatic nitrogens is 5. The normalized spacial score (nSPS) is 10.7. The van der Waals surface area contributed by atoms with Crippen molar-refractivity contribution in [1.82, 2.24) is 24.3 Å². The molecule has 0 aliphatic carbocycles. The topological polar surface area (TPSA) is 94.7 Å². The van der Waals surface area contributed by atoms with Gasteiger partial charge in [-0.15, -0.1) is 0 Å². The van der Waals surface area contributed by atoms with Crippen LogP contribution >= 0.6 is 0 Å². The van der Waals surface area contributed by atoms with E-state index in [-0.39, 0.29) is 11.1 Å². The van der Waals surface area contributed by atoms with E-state index in [1.165, 1.54) is 4.57 Å². The zero-order valence-electron chi connectivity index (χ0n) is 16.6. The molecule has 4 aromatic heterocycles. The van der Waals surface area contributed by atoms with E-state index in [1.807, 2.05) is 24.3 Å². The number of carbonyl (C=O) groups is 1. The molecule has 0 atom stereocenters. The average molecular weight is 400 g/mol. The van der Waals surface area contributed by atoms with Crippen molar-refractivity contribution >= 4 is 11.7 Å². The number of anilines is 1. The molecule has 0 fully saturated rings. The molecule has 0 spiro atoms. The van der Waals surface area contributed by atoms with E-state index < -0.39 is 5.91 Å². The number of hydrogen-bond acceptors (Lipinski definition) is 5. The number of pyridine rings is 3. The highest BCUT2D eigenvalue weighted by atomic mass is 16.2. The minimum absolute atomic E-state index is 0.102. The maximum absolute atomic E-state index is 13.0. The van der Waals surface area contributed by atoms with E-state index in [2.05, 4.69) is 20.4 Å². The van der Waals surface area contributed by atoms with Crippen LogP contribution in [-0.4, -0.2) is 30.2 Å². The second-order valence-corrected chi connectivity index (χ2v) is 6.90. The summed E-state index contributed by atoms with van der Waals surface area (Å²) in [5.74, 6) is 0.0130. The van der Waals surface area contributed by atoms with Gasteiger partial charge in [0.15, 0.2) is 0 Å². The molecule has 0 saturated heterocycles. The largest absolute Gasteiger partial charge is 0.310 e. The molecule has 4 rings (SSSR count). The number of carbonyl (C=O) groups excluding carboxylic acids is 1. The average Bonchev–Trinajstić information content (AvgIpc) is 3.12. The van der Waals surface area contributed by atoms with Gasteiger partial charge in [0.05, 0.1) is 12.2 Å². The molecule has 1 amide bonds. The summed E-state index contributed by atoms with van der Waals surface area (Å²) in [6.07, 6.45) is 8.44. The molecule has 0 radical (unpaired) electrons. The fourth-order valence-corrected chi connectivity index (χ4v) is 3.17. The Bertz CT molecular complexity index is 1250. The van der Waals surface area contributed by atoms with Crippen molar-refractivity contribution in [1.29, 1.82) is 0 Å². The minimum Gasteiger partial charge on any atom is -0.310 e. The Morgan fingerprint density at radius 1 is 1.10 bits per heavy atom. The predicted octanol–water partition coefficient (Wildman–Crippen LogP) is 2.65. The highest BCUT2D eigenvalue weighted by molar-refractivity contribution is 6.04. The highest BCUT2D eigenvalue weighted by Crippen LogP contribution is 2.20. The van der Waals surface area contributed by atoms with Gasteiger partial charge >= 0.3 is 0 Å². The molecular weight excluding hydrogens is 380 g/mol. The zero-order chi connectivity index (χ0) is 21.1. The Morgan fingerprint density at radius 2 is 1.87 bits per heavy atom. The molecule has 8 nitrogen and oxygen atoms in total. The second kappa shape index (κ2) is 8.12. The van der Waals surface area contributed by atoms with Crippen LogP contribution in [0.2, 0.25) is 0 Å². The number of nitrogens with zero attached hydrogens (tertiary/aromatic N) is 5. The van der Waals surface area contributed by atoms with Crippen molar-refractivity contribution in [3.8, 4) is 11.3 Å². The third kappa shape index (κ3) is 3.88. The van der Waals surface area contributed by atoms with Crippen molar-refractivity contribution in [2.45, 2.75) is 13.5 Å². The summed E-state index contributed by atoms with van der Waals surface area (Å²) < 4.78 is 3.07. The van der Waals surface area contributed by atoms with Crippen LogP contribution in [0.25, 0.3) is 11.3 Å². The molecule has 4 heterocycles. The lowest BCUT2D eigenvalue weighted by Crippen LogP contribution is -2.30. The van der Waals surface area contributed by atoms with Gasteiger partial charge in [0, 0.05) is 49.7 Å². The number of amides is 1. The summed E-state index contributed by atoms with van der Waals surface area (Å²) in [7, 11) is 1.73. The highest BCUT2D eigenvalue weighted by Gasteiger charge is 2.18. The van der Waals surface area contributed by atoms with E-state index in [0.29, 0.717) is 23.6 Å². The quantitative estimate of drug-likeness (QED) is 0.556. The molecule has 1 N–H and O–H groups in total. The van der Waals surface area contributed by atoms with Crippen LogP contribution < -0.4 is 10.9 Å². The molecule has 150 valence electrons. The van der Waals surface area contributed by atoms with E-state index in [1.54, 1.807) is 61.8 Å². The predicted molar refractivity (Wildman–Crippen MR) is 113 cm³/mol. The lowest BCUT2D eigenvalue weighted by atomic mass is 10.1. The van der Waals surface area contributed by atoms with Crippen LogP contribution in [-0.2, 0) is 13.6 Å². The third-order valence-corrected chi connectivity index (χ3v) is 4.76. The summed E-state index contributed by atoms with van der Waals surface area (Å²) in [6.45, 7) is 2.08. The smallest absolute Gasteiger partial charge is 0.263 e. The monoisotopic (exact) mass is 400 g/mol. The SMILES string of the molecule is Cc1ccn(Cc2cccnc2)c(=O)c1C(=O)Nc1cc(-c2cccnc2)nn1C. The first kappa shape index (κ1) is 19.3. The minimum atomic E-state index is -0.473. The lowest BCUT2D eigenvalue weighted by molar-refractivity contribution is 0.102. The van der Waals surface area contributed by atoms with Crippen molar-refractivity contribution < 1.29 is 4.79 Å². The van der Waals surface area contributed by atoms with Gasteiger partial charge in [0.2, 0.25) is 0 Å². The first-order chi connectivity index (χ1) is 14.5. The molecule has 0 bridgehead atoms. The van der Waals surface area contributed by atoms with Gasteiger partial charge in [-0.25, -0.2) is 0 Å². The molecule has 0 saturated carbocycles. The maximum atomic E-state index is 13.0. The second-order valence-electron chi connectivity index (χ2n) is 6.90. The fourth-order valence-electron chi connectivity index (χ4n) is 3.17. The molecule has 0 aromatic carbocycles.